The van der Waals surface area contributed by atoms with Crippen LogP contribution in [0.4, 0.5) is 0 Å². The molecular weight excluding hydrogens is 236 g/mol. The van der Waals surface area contributed by atoms with Crippen LogP contribution in [0, 0.1) is 18.3 Å². The summed E-state index contributed by atoms with van der Waals surface area (Å²) in [5.41, 5.74) is 1.42. The number of hydrogen-bond acceptors (Lipinski definition) is 2. The summed E-state index contributed by atoms with van der Waals surface area (Å²) in [6, 6.07) is 10.3. The van der Waals surface area contributed by atoms with Crippen molar-refractivity contribution < 1.29 is 0 Å². The Morgan fingerprint density at radius 3 is 2.76 bits per heavy atom. The van der Waals surface area contributed by atoms with Gasteiger partial charge in [0.25, 0.3) is 5.56 Å². The van der Waals surface area contributed by atoms with Crippen molar-refractivity contribution in [2.45, 2.75) is 6.92 Å². The van der Waals surface area contributed by atoms with E-state index in [2.05, 4.69) is 0 Å². The molecule has 1 heterocycles. The Bertz CT molecular complexity index is 668. The van der Waals surface area contributed by atoms with E-state index in [0.29, 0.717) is 5.02 Å². The average Bonchev–Trinajstić information content (AvgIpc) is 2.30. The van der Waals surface area contributed by atoms with Crippen molar-refractivity contribution in [3.05, 3.63) is 63.0 Å². The zero-order valence-corrected chi connectivity index (χ0v) is 9.90. The molecule has 0 amide bonds. The van der Waals surface area contributed by atoms with Gasteiger partial charge in [-0.2, -0.15) is 5.26 Å². The van der Waals surface area contributed by atoms with Crippen molar-refractivity contribution in [2.75, 3.05) is 0 Å². The standard InChI is InChI=1S/C13H9ClN2O/c1-9-7-11(14)4-5-12(9)16-6-2-3-10(8-15)13(16)17/h2-7H,1H3. The van der Waals surface area contributed by atoms with Crippen LogP contribution in [0.25, 0.3) is 5.69 Å². The van der Waals surface area contributed by atoms with E-state index in [9.17, 15) is 4.79 Å². The van der Waals surface area contributed by atoms with E-state index in [0.717, 1.165) is 11.3 Å². The van der Waals surface area contributed by atoms with Gasteiger partial charge in [-0.05, 0) is 42.8 Å². The molecule has 3 nitrogen and oxygen atoms in total. The SMILES string of the molecule is Cc1cc(Cl)ccc1-n1cccc(C#N)c1=O. The molecule has 0 saturated carbocycles. The maximum Gasteiger partial charge on any atom is 0.272 e. The maximum atomic E-state index is 11.9. The van der Waals surface area contributed by atoms with Crippen LogP contribution in [0.5, 0.6) is 0 Å². The van der Waals surface area contributed by atoms with E-state index in [1.54, 1.807) is 30.5 Å². The van der Waals surface area contributed by atoms with Crippen LogP contribution in [0.15, 0.2) is 41.3 Å². The van der Waals surface area contributed by atoms with Crippen molar-refractivity contribution in [1.82, 2.24) is 4.57 Å². The highest BCUT2D eigenvalue weighted by molar-refractivity contribution is 6.30. The van der Waals surface area contributed by atoms with Gasteiger partial charge >= 0.3 is 0 Å². The fourth-order valence-corrected chi connectivity index (χ4v) is 1.88. The number of benzene rings is 1. The molecule has 4 heteroatoms. The van der Waals surface area contributed by atoms with Crippen molar-refractivity contribution in [3.63, 3.8) is 0 Å². The van der Waals surface area contributed by atoms with Crippen LogP contribution in [0.3, 0.4) is 0 Å². The molecule has 0 unspecified atom stereocenters. The number of halogens is 1. The number of aromatic nitrogens is 1. The number of nitrogens with zero attached hydrogens (tertiary/aromatic N) is 2. The summed E-state index contributed by atoms with van der Waals surface area (Å²) in [7, 11) is 0. The first kappa shape index (κ1) is 11.4. The molecule has 1 aromatic heterocycles. The van der Waals surface area contributed by atoms with Crippen molar-refractivity contribution in [2.24, 2.45) is 0 Å². The van der Waals surface area contributed by atoms with Gasteiger partial charge in [0, 0.05) is 11.2 Å². The van der Waals surface area contributed by atoms with E-state index in [1.807, 2.05) is 13.0 Å². The minimum Gasteiger partial charge on any atom is -0.283 e. The lowest BCUT2D eigenvalue weighted by molar-refractivity contribution is 0.970. The molecule has 0 spiro atoms. The Morgan fingerprint density at radius 1 is 1.35 bits per heavy atom. The summed E-state index contributed by atoms with van der Waals surface area (Å²) in [5, 5.41) is 9.44. The smallest absolute Gasteiger partial charge is 0.272 e. The lowest BCUT2D eigenvalue weighted by atomic mass is 10.2. The monoisotopic (exact) mass is 244 g/mol. The summed E-state index contributed by atoms with van der Waals surface area (Å²) in [6.07, 6.45) is 1.64. The van der Waals surface area contributed by atoms with E-state index in [1.165, 1.54) is 10.6 Å². The van der Waals surface area contributed by atoms with Crippen molar-refractivity contribution in [3.8, 4) is 11.8 Å². The van der Waals surface area contributed by atoms with E-state index < -0.39 is 0 Å². The number of aryl methyl sites for hydroxylation is 1. The molecule has 0 saturated heterocycles. The largest absolute Gasteiger partial charge is 0.283 e. The highest BCUT2D eigenvalue weighted by Gasteiger charge is 2.06. The van der Waals surface area contributed by atoms with E-state index >= 15 is 0 Å². The van der Waals surface area contributed by atoms with Gasteiger partial charge in [0.05, 0.1) is 5.69 Å². The quantitative estimate of drug-likeness (QED) is 0.774. The average molecular weight is 245 g/mol. The highest BCUT2D eigenvalue weighted by atomic mass is 35.5. The highest BCUT2D eigenvalue weighted by Crippen LogP contribution is 2.17. The zero-order valence-electron chi connectivity index (χ0n) is 9.14. The van der Waals surface area contributed by atoms with Gasteiger partial charge in [-0.25, -0.2) is 0 Å². The topological polar surface area (TPSA) is 45.8 Å². The van der Waals surface area contributed by atoms with Gasteiger partial charge in [0.1, 0.15) is 11.6 Å². The van der Waals surface area contributed by atoms with Gasteiger partial charge in [0.2, 0.25) is 0 Å². The van der Waals surface area contributed by atoms with Gasteiger partial charge in [-0.15, -0.1) is 0 Å². The lowest BCUT2D eigenvalue weighted by Crippen LogP contribution is -2.20. The van der Waals surface area contributed by atoms with Crippen molar-refractivity contribution >= 4 is 11.6 Å². The normalized spacial score (nSPS) is 9.94. The molecular formula is C13H9ClN2O. The van der Waals surface area contributed by atoms with Gasteiger partial charge < -0.3 is 0 Å². The molecule has 84 valence electrons. The first-order valence-electron chi connectivity index (χ1n) is 5.02. The second-order valence-electron chi connectivity index (χ2n) is 3.64. The fourth-order valence-electron chi connectivity index (χ4n) is 1.66. The van der Waals surface area contributed by atoms with Gasteiger partial charge in [0.15, 0.2) is 0 Å². The zero-order chi connectivity index (χ0) is 12.4. The third kappa shape index (κ3) is 2.08. The molecule has 0 aliphatic heterocycles. The van der Waals surface area contributed by atoms with Crippen LogP contribution in [0.2, 0.25) is 5.02 Å². The molecule has 0 atom stereocenters. The summed E-state index contributed by atoms with van der Waals surface area (Å²) in [4.78, 5) is 11.9. The summed E-state index contributed by atoms with van der Waals surface area (Å²) >= 11 is 5.86. The third-order valence-corrected chi connectivity index (χ3v) is 2.72. The van der Waals surface area contributed by atoms with Crippen LogP contribution >= 0.6 is 11.6 Å². The Kier molecular flexibility index (Phi) is 2.99. The molecule has 0 fully saturated rings. The van der Waals surface area contributed by atoms with E-state index in [-0.39, 0.29) is 11.1 Å². The number of rotatable bonds is 1. The molecule has 0 bridgehead atoms. The van der Waals surface area contributed by atoms with Crippen LogP contribution in [0.1, 0.15) is 11.1 Å². The summed E-state index contributed by atoms with van der Waals surface area (Å²) < 4.78 is 1.45. The Morgan fingerprint density at radius 2 is 2.12 bits per heavy atom. The van der Waals surface area contributed by atoms with Crippen molar-refractivity contribution in [1.29, 1.82) is 5.26 Å². The summed E-state index contributed by atoms with van der Waals surface area (Å²) in [5.74, 6) is 0. The fraction of sp³-hybridized carbons (Fsp3) is 0.0769. The molecule has 0 radical (unpaired) electrons. The Labute approximate surface area is 104 Å². The predicted octanol–water partition coefficient (Wildman–Crippen LogP) is 2.67. The maximum absolute atomic E-state index is 11.9. The molecule has 0 aliphatic rings. The summed E-state index contributed by atoms with van der Waals surface area (Å²) in [6.45, 7) is 1.87. The Balaban J connectivity index is 2.70. The van der Waals surface area contributed by atoms with Gasteiger partial charge in [-0.1, -0.05) is 11.6 Å². The number of pyridine rings is 1. The van der Waals surface area contributed by atoms with E-state index in [4.69, 9.17) is 16.9 Å². The molecule has 0 aliphatic carbocycles. The van der Waals surface area contributed by atoms with Crippen LogP contribution in [-0.4, -0.2) is 4.57 Å². The second-order valence-corrected chi connectivity index (χ2v) is 4.08. The first-order chi connectivity index (χ1) is 8.13. The molecule has 0 N–H and O–H groups in total. The third-order valence-electron chi connectivity index (χ3n) is 2.49. The molecule has 17 heavy (non-hydrogen) atoms. The minimum absolute atomic E-state index is 0.127. The molecule has 2 aromatic rings. The number of hydrogen-bond donors (Lipinski definition) is 0. The Hall–Kier alpha value is -2.05. The number of nitriles is 1. The molecule has 2 rings (SSSR count). The van der Waals surface area contributed by atoms with Crippen LogP contribution < -0.4 is 5.56 Å². The minimum atomic E-state index is -0.319. The second kappa shape index (κ2) is 4.44. The van der Waals surface area contributed by atoms with Gasteiger partial charge in [-0.3, -0.25) is 9.36 Å². The predicted molar refractivity (Wildman–Crippen MR) is 66.5 cm³/mol. The first-order valence-corrected chi connectivity index (χ1v) is 5.39. The van der Waals surface area contributed by atoms with Crippen LogP contribution in [-0.2, 0) is 0 Å². The molecule has 1 aromatic carbocycles. The lowest BCUT2D eigenvalue weighted by Gasteiger charge is -2.09.